The molecule has 12 heteroatoms. The summed E-state index contributed by atoms with van der Waals surface area (Å²) in [5.74, 6) is -0.791. The molecule has 4 aromatic rings. The van der Waals surface area contributed by atoms with Gasteiger partial charge in [0, 0.05) is 23.0 Å². The average Bonchev–Trinajstić information content (AvgIpc) is 3.17. The fourth-order valence-corrected chi connectivity index (χ4v) is 3.67. The van der Waals surface area contributed by atoms with Crippen molar-refractivity contribution < 1.29 is 27.4 Å². The van der Waals surface area contributed by atoms with Crippen LogP contribution in [-0.2, 0) is 0 Å². The highest BCUT2D eigenvalue weighted by molar-refractivity contribution is 5.98. The van der Waals surface area contributed by atoms with Crippen molar-refractivity contribution in [3.8, 4) is 22.8 Å². The third kappa shape index (κ3) is 5.10. The van der Waals surface area contributed by atoms with Crippen LogP contribution in [0.2, 0.25) is 0 Å². The van der Waals surface area contributed by atoms with E-state index in [4.69, 9.17) is 10.5 Å². The van der Waals surface area contributed by atoms with Gasteiger partial charge in [-0.05, 0) is 43.7 Å². The SMILES string of the molecule is COc1nc(C)c(-c2ccn3nc(N)nc3c2)cc1C(=O)NC(C)c1ccccc1OC(F)(F)F. The van der Waals surface area contributed by atoms with Gasteiger partial charge in [-0.25, -0.2) is 9.50 Å². The number of anilines is 1. The summed E-state index contributed by atoms with van der Waals surface area (Å²) < 4.78 is 49.3. The lowest BCUT2D eigenvalue weighted by molar-refractivity contribution is -0.275. The van der Waals surface area contributed by atoms with Gasteiger partial charge in [0.05, 0.1) is 13.2 Å². The molecule has 3 aromatic heterocycles. The second-order valence-corrected chi connectivity index (χ2v) is 7.65. The van der Waals surface area contributed by atoms with Crippen molar-refractivity contribution in [1.29, 1.82) is 0 Å². The number of carbonyl (C=O) groups excluding carboxylic acids is 1. The van der Waals surface area contributed by atoms with E-state index < -0.39 is 24.1 Å². The number of methoxy groups -OCH3 is 1. The Bertz CT molecular complexity index is 1400. The first-order valence-corrected chi connectivity index (χ1v) is 10.4. The number of fused-ring (bicyclic) bond motifs is 1. The summed E-state index contributed by atoms with van der Waals surface area (Å²) in [6, 6.07) is 9.91. The Labute approximate surface area is 197 Å². The fourth-order valence-electron chi connectivity index (χ4n) is 3.67. The van der Waals surface area contributed by atoms with Crippen molar-refractivity contribution in [3.05, 3.63) is 65.5 Å². The maximum atomic E-state index is 13.2. The van der Waals surface area contributed by atoms with E-state index in [1.54, 1.807) is 44.3 Å². The summed E-state index contributed by atoms with van der Waals surface area (Å²) in [6.07, 6.45) is -3.19. The highest BCUT2D eigenvalue weighted by atomic mass is 19.4. The topological polar surface area (TPSA) is 117 Å². The van der Waals surface area contributed by atoms with Gasteiger partial charge >= 0.3 is 6.36 Å². The van der Waals surface area contributed by atoms with Crippen molar-refractivity contribution in [2.24, 2.45) is 0 Å². The summed E-state index contributed by atoms with van der Waals surface area (Å²) in [6.45, 7) is 3.31. The smallest absolute Gasteiger partial charge is 0.480 e. The zero-order valence-electron chi connectivity index (χ0n) is 18.9. The predicted octanol–water partition coefficient (Wildman–Crippen LogP) is 4.08. The number of nitrogens with zero attached hydrogens (tertiary/aromatic N) is 4. The van der Waals surface area contributed by atoms with Gasteiger partial charge in [0.15, 0.2) is 5.65 Å². The first-order chi connectivity index (χ1) is 16.6. The van der Waals surface area contributed by atoms with E-state index in [-0.39, 0.29) is 23.0 Å². The lowest BCUT2D eigenvalue weighted by Crippen LogP contribution is -2.28. The molecule has 1 amide bonds. The number of ether oxygens (including phenoxy) is 2. The standard InChI is InChI=1S/C23H21F3N6O3/c1-12(15-6-4-5-7-18(15)35-23(24,25)26)28-20(33)17-11-16(13(2)29-21(17)34-3)14-8-9-32-19(10-14)30-22(27)31-32/h4-12H,1-3H3,(H2,27,31)(H,28,33). The number of nitrogens with one attached hydrogen (secondary N) is 1. The first kappa shape index (κ1) is 23.8. The van der Waals surface area contributed by atoms with Crippen LogP contribution < -0.4 is 20.5 Å². The van der Waals surface area contributed by atoms with Crippen molar-refractivity contribution in [2.75, 3.05) is 12.8 Å². The van der Waals surface area contributed by atoms with E-state index in [1.807, 2.05) is 0 Å². The molecule has 0 aliphatic carbocycles. The van der Waals surface area contributed by atoms with Gasteiger partial charge in [-0.15, -0.1) is 18.3 Å². The molecule has 3 N–H and O–H groups in total. The van der Waals surface area contributed by atoms with Gasteiger partial charge in [-0.2, -0.15) is 4.98 Å². The molecule has 0 spiro atoms. The van der Waals surface area contributed by atoms with E-state index in [2.05, 4.69) is 25.1 Å². The molecule has 0 saturated carbocycles. The molecule has 0 saturated heterocycles. The quantitative estimate of drug-likeness (QED) is 0.422. The number of benzene rings is 1. The lowest BCUT2D eigenvalue weighted by Gasteiger charge is -2.20. The van der Waals surface area contributed by atoms with Crippen LogP contribution in [-0.4, -0.2) is 39.0 Å². The number of nitrogen functional groups attached to an aromatic ring is 1. The van der Waals surface area contributed by atoms with Crippen molar-refractivity contribution in [1.82, 2.24) is 24.9 Å². The molecule has 1 atom stereocenters. The zero-order valence-corrected chi connectivity index (χ0v) is 18.9. The largest absolute Gasteiger partial charge is 0.573 e. The molecule has 0 radical (unpaired) electrons. The zero-order chi connectivity index (χ0) is 25.3. The molecule has 9 nitrogen and oxygen atoms in total. The minimum atomic E-state index is -4.87. The van der Waals surface area contributed by atoms with E-state index in [0.717, 1.165) is 0 Å². The molecule has 4 rings (SSSR count). The Morgan fingerprint density at radius 2 is 1.91 bits per heavy atom. The number of para-hydroxylation sites is 1. The van der Waals surface area contributed by atoms with Gasteiger partial charge in [-0.1, -0.05) is 18.2 Å². The van der Waals surface area contributed by atoms with Crippen LogP contribution in [0.25, 0.3) is 16.8 Å². The Morgan fingerprint density at radius 1 is 1.17 bits per heavy atom. The van der Waals surface area contributed by atoms with Gasteiger partial charge in [0.1, 0.15) is 11.3 Å². The van der Waals surface area contributed by atoms with Crippen LogP contribution in [0.15, 0.2) is 48.7 Å². The molecule has 35 heavy (non-hydrogen) atoms. The van der Waals surface area contributed by atoms with Gasteiger partial charge in [0.2, 0.25) is 11.8 Å². The number of aromatic nitrogens is 4. The van der Waals surface area contributed by atoms with E-state index in [9.17, 15) is 18.0 Å². The number of carbonyl (C=O) groups is 1. The number of hydrogen-bond acceptors (Lipinski definition) is 7. The van der Waals surface area contributed by atoms with Crippen LogP contribution in [0.4, 0.5) is 19.1 Å². The molecular formula is C23H21F3N6O3. The van der Waals surface area contributed by atoms with Crippen LogP contribution >= 0.6 is 0 Å². The second kappa shape index (κ2) is 9.12. The summed E-state index contributed by atoms with van der Waals surface area (Å²) in [4.78, 5) is 21.7. The van der Waals surface area contributed by atoms with Crippen LogP contribution in [0.3, 0.4) is 0 Å². The molecule has 0 aliphatic heterocycles. The van der Waals surface area contributed by atoms with E-state index >= 15 is 0 Å². The van der Waals surface area contributed by atoms with Gasteiger partial charge < -0.3 is 20.5 Å². The van der Waals surface area contributed by atoms with Crippen LogP contribution in [0.5, 0.6) is 11.6 Å². The van der Waals surface area contributed by atoms with Gasteiger partial charge in [0.25, 0.3) is 5.91 Å². The lowest BCUT2D eigenvalue weighted by atomic mass is 10.0. The van der Waals surface area contributed by atoms with Crippen molar-refractivity contribution in [2.45, 2.75) is 26.3 Å². The third-order valence-corrected chi connectivity index (χ3v) is 5.24. The number of halogens is 3. The number of hydrogen-bond donors (Lipinski definition) is 2. The monoisotopic (exact) mass is 486 g/mol. The summed E-state index contributed by atoms with van der Waals surface area (Å²) in [5.41, 5.74) is 8.36. The molecule has 0 aliphatic rings. The fraction of sp³-hybridized carbons (Fsp3) is 0.217. The Hall–Kier alpha value is -4.35. The maximum Gasteiger partial charge on any atom is 0.573 e. The number of amides is 1. The molecule has 0 fully saturated rings. The third-order valence-electron chi connectivity index (χ3n) is 5.24. The number of alkyl halides is 3. The number of aryl methyl sites for hydroxylation is 1. The summed E-state index contributed by atoms with van der Waals surface area (Å²) in [7, 11) is 1.37. The number of nitrogens with two attached hydrogens (primary N) is 1. The summed E-state index contributed by atoms with van der Waals surface area (Å²) >= 11 is 0. The van der Waals surface area contributed by atoms with E-state index in [0.29, 0.717) is 22.5 Å². The Kier molecular flexibility index (Phi) is 6.20. The molecular weight excluding hydrogens is 465 g/mol. The first-order valence-electron chi connectivity index (χ1n) is 10.4. The van der Waals surface area contributed by atoms with Crippen LogP contribution in [0.1, 0.15) is 34.6 Å². The molecule has 0 bridgehead atoms. The summed E-state index contributed by atoms with van der Waals surface area (Å²) in [5, 5.41) is 6.73. The normalized spacial score (nSPS) is 12.4. The minimum absolute atomic E-state index is 0.0728. The minimum Gasteiger partial charge on any atom is -0.480 e. The predicted molar refractivity (Wildman–Crippen MR) is 121 cm³/mol. The Balaban J connectivity index is 1.67. The van der Waals surface area contributed by atoms with Crippen molar-refractivity contribution in [3.63, 3.8) is 0 Å². The molecule has 182 valence electrons. The number of rotatable bonds is 6. The van der Waals surface area contributed by atoms with Gasteiger partial charge in [-0.3, -0.25) is 4.79 Å². The molecule has 1 unspecified atom stereocenters. The van der Waals surface area contributed by atoms with Crippen LogP contribution in [0, 0.1) is 6.92 Å². The van der Waals surface area contributed by atoms with E-state index in [1.165, 1.54) is 29.8 Å². The maximum absolute atomic E-state index is 13.2. The molecule has 3 heterocycles. The van der Waals surface area contributed by atoms with Crippen molar-refractivity contribution >= 4 is 17.5 Å². The highest BCUT2D eigenvalue weighted by Gasteiger charge is 2.33. The second-order valence-electron chi connectivity index (χ2n) is 7.65. The molecule has 1 aromatic carbocycles. The number of pyridine rings is 2. The Morgan fingerprint density at radius 3 is 2.63 bits per heavy atom. The average molecular weight is 486 g/mol. The highest BCUT2D eigenvalue weighted by Crippen LogP contribution is 2.32.